The van der Waals surface area contributed by atoms with Crippen molar-refractivity contribution in [3.63, 3.8) is 0 Å². The molecule has 1 aromatic carbocycles. The number of aromatic nitrogens is 1. The number of benzene rings is 1. The monoisotopic (exact) mass is 488 g/mol. The van der Waals surface area contributed by atoms with Crippen molar-refractivity contribution in [1.29, 1.82) is 0 Å². The van der Waals surface area contributed by atoms with Gasteiger partial charge in [0.2, 0.25) is 0 Å². The highest BCUT2D eigenvalue weighted by Gasteiger charge is 1.99. The van der Waals surface area contributed by atoms with E-state index in [1.807, 2.05) is 37.3 Å². The fourth-order valence-electron chi connectivity index (χ4n) is 2.17. The predicted molar refractivity (Wildman–Crippen MR) is 119 cm³/mol. The smallest absolute Gasteiger partial charge is 0.191 e. The van der Waals surface area contributed by atoms with Crippen LogP contribution in [0.5, 0.6) is 5.75 Å². The maximum absolute atomic E-state index is 5.79. The van der Waals surface area contributed by atoms with Gasteiger partial charge < -0.3 is 15.4 Å². The van der Waals surface area contributed by atoms with Crippen molar-refractivity contribution in [1.82, 2.24) is 15.6 Å². The van der Waals surface area contributed by atoms with Crippen LogP contribution >= 0.6 is 35.6 Å². The number of halogens is 2. The summed E-state index contributed by atoms with van der Waals surface area (Å²) in [6.07, 6.45) is 2.61. The number of ether oxygens (including phenoxy) is 1. The molecule has 0 saturated carbocycles. The van der Waals surface area contributed by atoms with E-state index >= 15 is 0 Å². The van der Waals surface area contributed by atoms with Gasteiger partial charge in [-0.15, -0.1) is 24.0 Å². The number of rotatable bonds is 8. The van der Waals surface area contributed by atoms with Crippen LogP contribution in [0.2, 0.25) is 5.15 Å². The van der Waals surface area contributed by atoms with E-state index in [0.717, 1.165) is 30.2 Å². The van der Waals surface area contributed by atoms with Gasteiger partial charge in [-0.25, -0.2) is 4.98 Å². The van der Waals surface area contributed by atoms with Crippen molar-refractivity contribution >= 4 is 41.5 Å². The quantitative estimate of drug-likeness (QED) is 0.195. The normalized spacial score (nSPS) is 10.8. The van der Waals surface area contributed by atoms with E-state index in [1.165, 1.54) is 5.56 Å². The largest absolute Gasteiger partial charge is 0.492 e. The van der Waals surface area contributed by atoms with E-state index < -0.39 is 0 Å². The van der Waals surface area contributed by atoms with Crippen LogP contribution in [0, 0.1) is 6.92 Å². The van der Waals surface area contributed by atoms with Crippen molar-refractivity contribution in [2.45, 2.75) is 20.3 Å². The lowest BCUT2D eigenvalue weighted by atomic mass is 10.2. The van der Waals surface area contributed by atoms with Gasteiger partial charge in [-0.3, -0.25) is 4.99 Å². The minimum atomic E-state index is 0. The molecule has 0 aliphatic rings. The molecule has 142 valence electrons. The summed E-state index contributed by atoms with van der Waals surface area (Å²) in [6, 6.07) is 11.8. The summed E-state index contributed by atoms with van der Waals surface area (Å²) in [5, 5.41) is 7.02. The van der Waals surface area contributed by atoms with Crippen molar-refractivity contribution in [3.8, 4) is 5.75 Å². The molecular formula is C19H26ClIN4O. The zero-order valence-electron chi connectivity index (χ0n) is 15.2. The molecule has 7 heteroatoms. The van der Waals surface area contributed by atoms with Gasteiger partial charge in [0.05, 0.1) is 6.54 Å². The maximum Gasteiger partial charge on any atom is 0.191 e. The second-order valence-electron chi connectivity index (χ2n) is 5.59. The molecule has 0 aliphatic heterocycles. The summed E-state index contributed by atoms with van der Waals surface area (Å²) in [5.74, 6) is 1.67. The molecule has 0 spiro atoms. The lowest BCUT2D eigenvalue weighted by Crippen LogP contribution is -2.39. The first kappa shape index (κ1) is 22.5. The Balaban J connectivity index is 0.00000338. The van der Waals surface area contributed by atoms with Gasteiger partial charge in [-0.2, -0.15) is 0 Å². The van der Waals surface area contributed by atoms with E-state index in [2.05, 4.69) is 27.5 Å². The van der Waals surface area contributed by atoms with E-state index in [1.54, 1.807) is 12.3 Å². The van der Waals surface area contributed by atoms with E-state index in [9.17, 15) is 0 Å². The Morgan fingerprint density at radius 3 is 2.58 bits per heavy atom. The van der Waals surface area contributed by atoms with Crippen LogP contribution in [-0.2, 0) is 6.42 Å². The van der Waals surface area contributed by atoms with E-state index in [-0.39, 0.29) is 24.0 Å². The number of guanidine groups is 1. The Morgan fingerprint density at radius 2 is 1.92 bits per heavy atom. The molecule has 26 heavy (non-hydrogen) atoms. The first-order valence-corrected chi connectivity index (χ1v) is 8.87. The summed E-state index contributed by atoms with van der Waals surface area (Å²) in [6.45, 7) is 6.86. The zero-order chi connectivity index (χ0) is 17.9. The number of nitrogens with zero attached hydrogens (tertiary/aromatic N) is 2. The zero-order valence-corrected chi connectivity index (χ0v) is 18.3. The van der Waals surface area contributed by atoms with Crippen LogP contribution < -0.4 is 15.4 Å². The number of hydrogen-bond acceptors (Lipinski definition) is 3. The highest BCUT2D eigenvalue weighted by atomic mass is 127. The summed E-state index contributed by atoms with van der Waals surface area (Å²) >= 11 is 5.79. The van der Waals surface area contributed by atoms with Gasteiger partial charge in [-0.1, -0.05) is 35.4 Å². The molecule has 0 radical (unpaired) electrons. The van der Waals surface area contributed by atoms with Crippen molar-refractivity contribution < 1.29 is 4.74 Å². The van der Waals surface area contributed by atoms with Crippen LogP contribution in [0.4, 0.5) is 0 Å². The predicted octanol–water partition coefficient (Wildman–Crippen LogP) is 3.84. The Bertz CT molecular complexity index is 662. The first-order chi connectivity index (χ1) is 12.2. The standard InChI is InChI=1S/C19H25ClN4O.HI/c1-3-21-19(22-11-10-16-6-9-18(20)24-14-16)23-12-13-25-17-7-4-15(2)5-8-17;/h4-9,14H,3,10-13H2,1-2H3,(H2,21,22,23);1H. The molecule has 0 atom stereocenters. The SMILES string of the molecule is CCNC(=NCCc1ccc(Cl)nc1)NCCOc1ccc(C)cc1.I. The Kier molecular flexibility index (Phi) is 11.0. The Labute approximate surface area is 177 Å². The van der Waals surface area contributed by atoms with Crippen LogP contribution in [-0.4, -0.2) is 37.2 Å². The lowest BCUT2D eigenvalue weighted by Gasteiger charge is -2.12. The average Bonchev–Trinajstić information content (AvgIpc) is 2.62. The number of pyridine rings is 1. The van der Waals surface area contributed by atoms with Gasteiger partial charge >= 0.3 is 0 Å². The molecule has 2 N–H and O–H groups in total. The minimum Gasteiger partial charge on any atom is -0.492 e. The summed E-state index contributed by atoms with van der Waals surface area (Å²) in [7, 11) is 0. The summed E-state index contributed by atoms with van der Waals surface area (Å²) in [5.41, 5.74) is 2.34. The molecule has 2 rings (SSSR count). The molecule has 0 bridgehead atoms. The third kappa shape index (κ3) is 8.71. The molecule has 0 amide bonds. The molecule has 2 aromatic rings. The highest BCUT2D eigenvalue weighted by Crippen LogP contribution is 2.10. The number of aryl methyl sites for hydroxylation is 1. The van der Waals surface area contributed by atoms with Crippen molar-refractivity contribution in [3.05, 3.63) is 58.9 Å². The molecule has 1 aromatic heterocycles. The van der Waals surface area contributed by atoms with Crippen molar-refractivity contribution in [2.75, 3.05) is 26.2 Å². The molecule has 1 heterocycles. The Morgan fingerprint density at radius 1 is 1.15 bits per heavy atom. The maximum atomic E-state index is 5.79. The average molecular weight is 489 g/mol. The van der Waals surface area contributed by atoms with Crippen LogP contribution in [0.3, 0.4) is 0 Å². The van der Waals surface area contributed by atoms with E-state index in [4.69, 9.17) is 16.3 Å². The van der Waals surface area contributed by atoms with Gasteiger partial charge in [0.1, 0.15) is 17.5 Å². The molecule has 5 nitrogen and oxygen atoms in total. The van der Waals surface area contributed by atoms with Gasteiger partial charge in [-0.05, 0) is 44.0 Å². The molecule has 0 aliphatic carbocycles. The second-order valence-corrected chi connectivity index (χ2v) is 5.98. The third-order valence-electron chi connectivity index (χ3n) is 3.49. The number of aliphatic imine (C=N–C) groups is 1. The molecular weight excluding hydrogens is 463 g/mol. The van der Waals surface area contributed by atoms with Gasteiger partial charge in [0, 0.05) is 19.3 Å². The second kappa shape index (κ2) is 12.8. The van der Waals surface area contributed by atoms with Crippen LogP contribution in [0.25, 0.3) is 0 Å². The third-order valence-corrected chi connectivity index (χ3v) is 3.71. The topological polar surface area (TPSA) is 58.5 Å². The minimum absolute atomic E-state index is 0. The Hall–Kier alpha value is -1.54. The first-order valence-electron chi connectivity index (χ1n) is 8.49. The molecule has 0 saturated heterocycles. The van der Waals surface area contributed by atoms with E-state index in [0.29, 0.717) is 24.8 Å². The van der Waals surface area contributed by atoms with Crippen LogP contribution in [0.15, 0.2) is 47.6 Å². The fraction of sp³-hybridized carbons (Fsp3) is 0.368. The highest BCUT2D eigenvalue weighted by molar-refractivity contribution is 14.0. The number of hydrogen-bond donors (Lipinski definition) is 2. The van der Waals surface area contributed by atoms with Crippen LogP contribution in [0.1, 0.15) is 18.1 Å². The lowest BCUT2D eigenvalue weighted by molar-refractivity contribution is 0.322. The van der Waals surface area contributed by atoms with Gasteiger partial charge in [0.25, 0.3) is 0 Å². The molecule has 0 fully saturated rings. The number of nitrogens with one attached hydrogen (secondary N) is 2. The van der Waals surface area contributed by atoms with Crippen molar-refractivity contribution in [2.24, 2.45) is 4.99 Å². The summed E-state index contributed by atoms with van der Waals surface area (Å²) < 4.78 is 5.71. The molecule has 0 unspecified atom stereocenters. The summed E-state index contributed by atoms with van der Waals surface area (Å²) in [4.78, 5) is 8.64. The fourth-order valence-corrected chi connectivity index (χ4v) is 2.28. The van der Waals surface area contributed by atoms with Gasteiger partial charge in [0.15, 0.2) is 5.96 Å².